The Kier molecular flexibility index (Phi) is 6.33. The first kappa shape index (κ1) is 19.9. The van der Waals surface area contributed by atoms with E-state index in [9.17, 15) is 17.6 Å². The summed E-state index contributed by atoms with van der Waals surface area (Å²) in [5.41, 5.74) is 0.380. The van der Waals surface area contributed by atoms with Crippen LogP contribution >= 0.6 is 0 Å². The van der Waals surface area contributed by atoms with Crippen LogP contribution < -0.4 is 14.8 Å². The molecule has 2 aromatic rings. The number of ether oxygens (including phenoxy) is 1. The average Bonchev–Trinajstić information content (AvgIpc) is 2.61. The fourth-order valence-corrected chi connectivity index (χ4v) is 3.58. The summed E-state index contributed by atoms with van der Waals surface area (Å²) in [4.78, 5) is 12.5. The van der Waals surface area contributed by atoms with Gasteiger partial charge in [-0.05, 0) is 54.4 Å². The van der Waals surface area contributed by atoms with E-state index in [0.717, 1.165) is 0 Å². The molecule has 26 heavy (non-hydrogen) atoms. The SMILES string of the molecule is COc1ccc(S(=O)(=O)NC(C(=O)Nc2ccc(F)cc2)C(C)C)cc1. The number of methoxy groups -OCH3 is 1. The molecule has 1 atom stereocenters. The Morgan fingerprint density at radius 1 is 1.04 bits per heavy atom. The molecular weight excluding hydrogens is 359 g/mol. The molecule has 0 aliphatic heterocycles. The van der Waals surface area contributed by atoms with E-state index in [1.165, 1.54) is 55.6 Å². The Morgan fingerprint density at radius 2 is 1.62 bits per heavy atom. The summed E-state index contributed by atoms with van der Waals surface area (Å²) in [6.45, 7) is 3.46. The number of hydrogen-bond acceptors (Lipinski definition) is 4. The van der Waals surface area contributed by atoms with E-state index in [1.807, 2.05) is 0 Å². The number of halogens is 1. The van der Waals surface area contributed by atoms with Gasteiger partial charge in [0, 0.05) is 5.69 Å². The van der Waals surface area contributed by atoms with Crippen molar-refractivity contribution in [2.24, 2.45) is 5.92 Å². The minimum atomic E-state index is -3.90. The molecule has 2 aromatic carbocycles. The van der Waals surface area contributed by atoms with Crippen LogP contribution in [-0.4, -0.2) is 27.5 Å². The quantitative estimate of drug-likeness (QED) is 0.774. The van der Waals surface area contributed by atoms with Crippen molar-refractivity contribution in [3.63, 3.8) is 0 Å². The van der Waals surface area contributed by atoms with Gasteiger partial charge in [0.25, 0.3) is 0 Å². The highest BCUT2D eigenvalue weighted by atomic mass is 32.2. The van der Waals surface area contributed by atoms with Crippen LogP contribution in [0.1, 0.15) is 13.8 Å². The van der Waals surface area contributed by atoms with Gasteiger partial charge in [0.05, 0.1) is 12.0 Å². The van der Waals surface area contributed by atoms with Crippen molar-refractivity contribution in [2.45, 2.75) is 24.8 Å². The zero-order valence-corrected chi connectivity index (χ0v) is 15.5. The lowest BCUT2D eigenvalue weighted by atomic mass is 10.0. The molecule has 8 heteroatoms. The zero-order valence-electron chi connectivity index (χ0n) is 14.7. The zero-order chi connectivity index (χ0) is 19.3. The fourth-order valence-electron chi connectivity index (χ4n) is 2.24. The number of amides is 1. The summed E-state index contributed by atoms with van der Waals surface area (Å²) in [7, 11) is -2.42. The smallest absolute Gasteiger partial charge is 0.242 e. The molecule has 140 valence electrons. The van der Waals surface area contributed by atoms with Crippen LogP contribution in [-0.2, 0) is 14.8 Å². The number of benzene rings is 2. The van der Waals surface area contributed by atoms with Crippen molar-refractivity contribution in [1.29, 1.82) is 0 Å². The van der Waals surface area contributed by atoms with Crippen LogP contribution in [0.25, 0.3) is 0 Å². The maximum absolute atomic E-state index is 13.0. The van der Waals surface area contributed by atoms with Crippen LogP contribution in [0.15, 0.2) is 53.4 Å². The highest BCUT2D eigenvalue weighted by Crippen LogP contribution is 2.17. The van der Waals surface area contributed by atoms with Crippen molar-refractivity contribution in [3.8, 4) is 5.75 Å². The molecule has 0 aromatic heterocycles. The van der Waals surface area contributed by atoms with Crippen LogP contribution in [0.3, 0.4) is 0 Å². The molecule has 1 unspecified atom stereocenters. The summed E-state index contributed by atoms with van der Waals surface area (Å²) in [6.07, 6.45) is 0. The minimum absolute atomic E-state index is 0.0264. The van der Waals surface area contributed by atoms with Gasteiger partial charge in [-0.3, -0.25) is 4.79 Å². The maximum atomic E-state index is 13.0. The third-order valence-electron chi connectivity index (χ3n) is 3.71. The number of nitrogens with one attached hydrogen (secondary N) is 2. The van der Waals surface area contributed by atoms with E-state index >= 15 is 0 Å². The fraction of sp³-hybridized carbons (Fsp3) is 0.278. The Morgan fingerprint density at radius 3 is 2.12 bits per heavy atom. The van der Waals surface area contributed by atoms with Crippen molar-refractivity contribution >= 4 is 21.6 Å². The summed E-state index contributed by atoms with van der Waals surface area (Å²) in [6, 6.07) is 10.1. The third-order valence-corrected chi connectivity index (χ3v) is 5.17. The van der Waals surface area contributed by atoms with Crippen molar-refractivity contribution in [1.82, 2.24) is 4.72 Å². The number of carbonyl (C=O) groups is 1. The molecule has 0 spiro atoms. The second-order valence-electron chi connectivity index (χ2n) is 6.01. The molecule has 0 bridgehead atoms. The molecule has 0 saturated carbocycles. The monoisotopic (exact) mass is 380 g/mol. The molecule has 0 saturated heterocycles. The summed E-state index contributed by atoms with van der Waals surface area (Å²) in [5, 5.41) is 2.59. The summed E-state index contributed by atoms with van der Waals surface area (Å²) < 4.78 is 45.5. The van der Waals surface area contributed by atoms with Crippen LogP contribution in [0.5, 0.6) is 5.75 Å². The molecule has 0 aliphatic carbocycles. The van der Waals surface area contributed by atoms with Gasteiger partial charge >= 0.3 is 0 Å². The first-order chi connectivity index (χ1) is 12.2. The lowest BCUT2D eigenvalue weighted by Crippen LogP contribution is -2.47. The van der Waals surface area contributed by atoms with Crippen LogP contribution in [0.4, 0.5) is 10.1 Å². The molecular formula is C18H21FN2O4S. The number of anilines is 1. The second-order valence-corrected chi connectivity index (χ2v) is 7.73. The molecule has 0 radical (unpaired) electrons. The van der Waals surface area contributed by atoms with Crippen molar-refractivity contribution < 1.29 is 22.3 Å². The van der Waals surface area contributed by atoms with Crippen LogP contribution in [0.2, 0.25) is 0 Å². The van der Waals surface area contributed by atoms with E-state index in [4.69, 9.17) is 4.74 Å². The van der Waals surface area contributed by atoms with E-state index < -0.39 is 27.8 Å². The van der Waals surface area contributed by atoms with E-state index in [1.54, 1.807) is 13.8 Å². The summed E-state index contributed by atoms with van der Waals surface area (Å²) >= 11 is 0. The molecule has 2 N–H and O–H groups in total. The van der Waals surface area contributed by atoms with Crippen LogP contribution in [0, 0.1) is 11.7 Å². The highest BCUT2D eigenvalue weighted by Gasteiger charge is 2.28. The lowest BCUT2D eigenvalue weighted by molar-refractivity contribution is -0.118. The average molecular weight is 380 g/mol. The summed E-state index contributed by atoms with van der Waals surface area (Å²) in [5.74, 6) is -0.728. The molecule has 2 rings (SSSR count). The second kappa shape index (κ2) is 8.29. The standard InChI is InChI=1S/C18H21FN2O4S/c1-12(2)17(18(22)20-14-6-4-13(19)5-7-14)21-26(23,24)16-10-8-15(25-3)9-11-16/h4-12,17,21H,1-3H3,(H,20,22). The number of sulfonamides is 1. The van der Waals surface area contributed by atoms with Crippen molar-refractivity contribution in [2.75, 3.05) is 12.4 Å². The van der Waals surface area contributed by atoms with Crippen molar-refractivity contribution in [3.05, 3.63) is 54.3 Å². The first-order valence-electron chi connectivity index (χ1n) is 7.96. The van der Waals surface area contributed by atoms with Gasteiger partial charge in [0.15, 0.2) is 0 Å². The highest BCUT2D eigenvalue weighted by molar-refractivity contribution is 7.89. The Hall–Kier alpha value is -2.45. The Bertz CT molecular complexity index is 850. The molecule has 0 aliphatic rings. The van der Waals surface area contributed by atoms with Gasteiger partial charge in [0.1, 0.15) is 17.6 Å². The normalized spacial score (nSPS) is 12.7. The predicted octanol–water partition coefficient (Wildman–Crippen LogP) is 2.78. The first-order valence-corrected chi connectivity index (χ1v) is 9.44. The molecule has 1 amide bonds. The predicted molar refractivity (Wildman–Crippen MR) is 97.0 cm³/mol. The Labute approximate surface area is 152 Å². The largest absolute Gasteiger partial charge is 0.497 e. The molecule has 0 heterocycles. The minimum Gasteiger partial charge on any atom is -0.497 e. The third kappa shape index (κ3) is 5.03. The van der Waals surface area contributed by atoms with E-state index in [-0.39, 0.29) is 10.8 Å². The molecule has 6 nitrogen and oxygen atoms in total. The number of hydrogen-bond donors (Lipinski definition) is 2. The van der Waals surface area contributed by atoms with Gasteiger partial charge in [-0.1, -0.05) is 13.8 Å². The number of carbonyl (C=O) groups excluding carboxylic acids is 1. The van der Waals surface area contributed by atoms with Gasteiger partial charge in [0.2, 0.25) is 15.9 Å². The van der Waals surface area contributed by atoms with Gasteiger partial charge < -0.3 is 10.1 Å². The number of rotatable bonds is 7. The maximum Gasteiger partial charge on any atom is 0.242 e. The van der Waals surface area contributed by atoms with Gasteiger partial charge in [-0.15, -0.1) is 0 Å². The van der Waals surface area contributed by atoms with Gasteiger partial charge in [-0.25, -0.2) is 12.8 Å². The Balaban J connectivity index is 2.17. The van der Waals surface area contributed by atoms with Gasteiger partial charge in [-0.2, -0.15) is 4.72 Å². The van der Waals surface area contributed by atoms with E-state index in [2.05, 4.69) is 10.0 Å². The van der Waals surface area contributed by atoms with E-state index in [0.29, 0.717) is 11.4 Å². The topological polar surface area (TPSA) is 84.5 Å². The molecule has 0 fully saturated rings. The lowest BCUT2D eigenvalue weighted by Gasteiger charge is -2.21.